The van der Waals surface area contributed by atoms with E-state index in [1.165, 1.54) is 0 Å². The zero-order chi connectivity index (χ0) is 17.4. The minimum absolute atomic E-state index is 0.0182. The molecule has 25 heavy (non-hydrogen) atoms. The fraction of sp³-hybridized carbons (Fsp3) is 0.400. The standard InChI is InChI=1S/C20H22N2O3/c1-14-5-2-3-7-18(14)25-13-20(24)21-10-15-9-16(12-21)17-6-4-8-19(23)22(17)11-15/h2-8,15-16H,9-13H2,1H3/t15-,16-/m1/s1. The van der Waals surface area contributed by atoms with E-state index in [9.17, 15) is 9.59 Å². The number of hydrogen-bond acceptors (Lipinski definition) is 3. The largest absolute Gasteiger partial charge is 0.484 e. The van der Waals surface area contributed by atoms with E-state index >= 15 is 0 Å². The Hall–Kier alpha value is -2.56. The smallest absolute Gasteiger partial charge is 0.260 e. The van der Waals surface area contributed by atoms with Gasteiger partial charge in [0.2, 0.25) is 0 Å². The number of ether oxygens (including phenoxy) is 1. The first-order valence-electron chi connectivity index (χ1n) is 8.78. The van der Waals surface area contributed by atoms with E-state index in [1.807, 2.05) is 52.8 Å². The number of carbonyl (C=O) groups is 1. The van der Waals surface area contributed by atoms with Crippen LogP contribution in [0.25, 0.3) is 0 Å². The van der Waals surface area contributed by atoms with Gasteiger partial charge in [-0.15, -0.1) is 0 Å². The van der Waals surface area contributed by atoms with Crippen molar-refractivity contribution in [2.24, 2.45) is 5.92 Å². The first kappa shape index (κ1) is 15.9. The van der Waals surface area contributed by atoms with Gasteiger partial charge in [0.05, 0.1) is 0 Å². The van der Waals surface area contributed by atoms with Crippen molar-refractivity contribution >= 4 is 5.91 Å². The number of likely N-dealkylation sites (tertiary alicyclic amines) is 1. The lowest BCUT2D eigenvalue weighted by molar-refractivity contribution is -0.136. The molecule has 4 rings (SSSR count). The summed E-state index contributed by atoms with van der Waals surface area (Å²) in [6.45, 7) is 4.10. The van der Waals surface area contributed by atoms with Gasteiger partial charge in [-0.1, -0.05) is 24.3 Å². The second kappa shape index (κ2) is 6.39. The lowest BCUT2D eigenvalue weighted by Gasteiger charge is -2.42. The molecule has 0 aliphatic carbocycles. The third-order valence-electron chi connectivity index (χ3n) is 5.28. The number of pyridine rings is 1. The van der Waals surface area contributed by atoms with Crippen LogP contribution in [0, 0.1) is 12.8 Å². The van der Waals surface area contributed by atoms with Crippen LogP contribution in [0.4, 0.5) is 0 Å². The summed E-state index contributed by atoms with van der Waals surface area (Å²) >= 11 is 0. The first-order chi connectivity index (χ1) is 12.1. The predicted molar refractivity (Wildman–Crippen MR) is 94.8 cm³/mol. The number of hydrogen-bond donors (Lipinski definition) is 0. The van der Waals surface area contributed by atoms with E-state index in [-0.39, 0.29) is 24.0 Å². The number of aryl methyl sites for hydroxylation is 1. The molecule has 5 heteroatoms. The maximum absolute atomic E-state index is 12.6. The van der Waals surface area contributed by atoms with Crippen LogP contribution in [-0.2, 0) is 11.3 Å². The van der Waals surface area contributed by atoms with Crippen molar-refractivity contribution in [3.8, 4) is 5.75 Å². The summed E-state index contributed by atoms with van der Waals surface area (Å²) < 4.78 is 7.60. The van der Waals surface area contributed by atoms with E-state index in [1.54, 1.807) is 6.07 Å². The summed E-state index contributed by atoms with van der Waals surface area (Å²) in [5.74, 6) is 1.35. The summed E-state index contributed by atoms with van der Waals surface area (Å²) in [4.78, 5) is 26.6. The van der Waals surface area contributed by atoms with Crippen molar-refractivity contribution in [2.75, 3.05) is 19.7 Å². The summed E-state index contributed by atoms with van der Waals surface area (Å²) in [6.07, 6.45) is 1.05. The lowest BCUT2D eigenvalue weighted by atomic mass is 9.83. The summed E-state index contributed by atoms with van der Waals surface area (Å²) in [5.41, 5.74) is 2.15. The van der Waals surface area contributed by atoms with Crippen LogP contribution in [0.15, 0.2) is 47.3 Å². The zero-order valence-electron chi connectivity index (χ0n) is 14.4. The monoisotopic (exact) mass is 338 g/mol. The predicted octanol–water partition coefficient (Wildman–Crippen LogP) is 2.18. The molecule has 5 nitrogen and oxygen atoms in total. The van der Waals surface area contributed by atoms with Crippen LogP contribution < -0.4 is 10.3 Å². The molecule has 130 valence electrons. The van der Waals surface area contributed by atoms with E-state index in [0.717, 1.165) is 23.4 Å². The molecule has 3 heterocycles. The SMILES string of the molecule is Cc1ccccc1OCC(=O)N1C[C@H]2C[C@H](C1)c1cccc(=O)n1C2. The molecule has 2 atom stereocenters. The van der Waals surface area contributed by atoms with Gasteiger partial charge in [0, 0.05) is 37.3 Å². The van der Waals surface area contributed by atoms with E-state index in [4.69, 9.17) is 4.74 Å². The molecule has 1 fully saturated rings. The van der Waals surface area contributed by atoms with Gasteiger partial charge >= 0.3 is 0 Å². The Morgan fingerprint density at radius 3 is 2.80 bits per heavy atom. The third kappa shape index (κ3) is 3.06. The number of rotatable bonds is 3. The fourth-order valence-electron chi connectivity index (χ4n) is 4.05. The van der Waals surface area contributed by atoms with Crippen LogP contribution in [0.5, 0.6) is 5.75 Å². The quantitative estimate of drug-likeness (QED) is 0.862. The Kier molecular flexibility index (Phi) is 4.07. The average Bonchev–Trinajstić information content (AvgIpc) is 2.61. The number of carbonyl (C=O) groups excluding carboxylic acids is 1. The summed E-state index contributed by atoms with van der Waals surface area (Å²) in [6, 6.07) is 13.2. The van der Waals surface area contributed by atoms with Gasteiger partial charge in [-0.3, -0.25) is 9.59 Å². The molecule has 1 aromatic carbocycles. The Balaban J connectivity index is 1.46. The van der Waals surface area contributed by atoms with E-state index in [0.29, 0.717) is 25.6 Å². The molecule has 2 aliphatic rings. The van der Waals surface area contributed by atoms with Crippen LogP contribution in [0.1, 0.15) is 23.6 Å². The molecule has 1 amide bonds. The number of aromatic nitrogens is 1. The molecular formula is C20H22N2O3. The van der Waals surface area contributed by atoms with Crippen molar-refractivity contribution < 1.29 is 9.53 Å². The minimum atomic E-state index is 0.0182. The van der Waals surface area contributed by atoms with E-state index in [2.05, 4.69) is 0 Å². The summed E-state index contributed by atoms with van der Waals surface area (Å²) in [7, 11) is 0. The molecule has 1 aromatic heterocycles. The molecular weight excluding hydrogens is 316 g/mol. The Morgan fingerprint density at radius 2 is 1.96 bits per heavy atom. The maximum atomic E-state index is 12.6. The number of para-hydroxylation sites is 1. The maximum Gasteiger partial charge on any atom is 0.260 e. The number of piperidine rings is 1. The molecule has 0 saturated carbocycles. The van der Waals surface area contributed by atoms with Gasteiger partial charge in [-0.25, -0.2) is 0 Å². The molecule has 2 aromatic rings. The molecule has 2 bridgehead atoms. The highest BCUT2D eigenvalue weighted by atomic mass is 16.5. The second-order valence-electron chi connectivity index (χ2n) is 7.05. The van der Waals surface area contributed by atoms with Gasteiger partial charge in [0.25, 0.3) is 11.5 Å². The van der Waals surface area contributed by atoms with Gasteiger partial charge in [-0.05, 0) is 37.0 Å². The highest BCUT2D eigenvalue weighted by molar-refractivity contribution is 5.78. The van der Waals surface area contributed by atoms with Gasteiger partial charge in [-0.2, -0.15) is 0 Å². The lowest BCUT2D eigenvalue weighted by Crippen LogP contribution is -2.50. The number of fused-ring (bicyclic) bond motifs is 4. The van der Waals surface area contributed by atoms with Crippen molar-refractivity contribution in [2.45, 2.75) is 25.8 Å². The molecule has 0 unspecified atom stereocenters. The van der Waals surface area contributed by atoms with Gasteiger partial charge in [0.15, 0.2) is 6.61 Å². The molecule has 0 radical (unpaired) electrons. The third-order valence-corrected chi connectivity index (χ3v) is 5.28. The van der Waals surface area contributed by atoms with Gasteiger partial charge < -0.3 is 14.2 Å². The van der Waals surface area contributed by atoms with Crippen molar-refractivity contribution in [3.05, 3.63) is 64.1 Å². The Morgan fingerprint density at radius 1 is 1.12 bits per heavy atom. The summed E-state index contributed by atoms with van der Waals surface area (Å²) in [5, 5.41) is 0. The molecule has 0 N–H and O–H groups in total. The number of nitrogens with zero attached hydrogens (tertiary/aromatic N) is 2. The van der Waals surface area contributed by atoms with E-state index < -0.39 is 0 Å². The van der Waals surface area contributed by atoms with Gasteiger partial charge in [0.1, 0.15) is 5.75 Å². The van der Waals surface area contributed by atoms with Crippen molar-refractivity contribution in [1.82, 2.24) is 9.47 Å². The van der Waals surface area contributed by atoms with Crippen LogP contribution in [0.2, 0.25) is 0 Å². The highest BCUT2D eigenvalue weighted by Crippen LogP contribution is 2.34. The number of amides is 1. The first-order valence-corrected chi connectivity index (χ1v) is 8.78. The minimum Gasteiger partial charge on any atom is -0.484 e. The molecule has 0 spiro atoms. The van der Waals surface area contributed by atoms with Crippen LogP contribution in [0.3, 0.4) is 0 Å². The normalized spacial score (nSPS) is 21.6. The van der Waals surface area contributed by atoms with Crippen LogP contribution >= 0.6 is 0 Å². The Bertz CT molecular complexity index is 858. The number of benzene rings is 1. The van der Waals surface area contributed by atoms with Crippen molar-refractivity contribution in [1.29, 1.82) is 0 Å². The molecule has 1 saturated heterocycles. The second-order valence-corrected chi connectivity index (χ2v) is 7.05. The fourth-order valence-corrected chi connectivity index (χ4v) is 4.05. The Labute approximate surface area is 146 Å². The topological polar surface area (TPSA) is 51.5 Å². The van der Waals surface area contributed by atoms with Crippen LogP contribution in [-0.4, -0.2) is 35.1 Å². The molecule has 2 aliphatic heterocycles. The highest BCUT2D eigenvalue weighted by Gasteiger charge is 2.36. The zero-order valence-corrected chi connectivity index (χ0v) is 14.4. The van der Waals surface area contributed by atoms with Crippen molar-refractivity contribution in [3.63, 3.8) is 0 Å². The average molecular weight is 338 g/mol.